The Bertz CT molecular complexity index is 479. The Hall–Kier alpha value is -1.88. The Morgan fingerprint density at radius 2 is 2.25 bits per heavy atom. The highest BCUT2D eigenvalue weighted by atomic mass is 16.5. The first-order valence-corrected chi connectivity index (χ1v) is 7.01. The van der Waals surface area contributed by atoms with E-state index in [9.17, 15) is 0 Å². The molecule has 0 aliphatic heterocycles. The lowest BCUT2D eigenvalue weighted by molar-refractivity contribution is 0.300. The molecule has 0 saturated heterocycles. The Kier molecular flexibility index (Phi) is 5.55. The molecular formula is C15H22N4O. The number of hydrogen-bond donors (Lipinski definition) is 1. The fraction of sp³-hybridized carbons (Fsp3) is 0.467. The van der Waals surface area contributed by atoms with Gasteiger partial charge in [0.25, 0.3) is 0 Å². The fourth-order valence-electron chi connectivity index (χ4n) is 1.77. The van der Waals surface area contributed by atoms with E-state index in [0.29, 0.717) is 12.6 Å². The SMILES string of the molecule is CC(C)NCc1ccc(OCCCn2ccnc2)cn1. The van der Waals surface area contributed by atoms with E-state index >= 15 is 0 Å². The quantitative estimate of drug-likeness (QED) is 0.750. The van der Waals surface area contributed by atoms with Crippen LogP contribution in [0.1, 0.15) is 26.0 Å². The topological polar surface area (TPSA) is 52.0 Å². The van der Waals surface area contributed by atoms with Crippen LogP contribution in [0.15, 0.2) is 37.1 Å². The summed E-state index contributed by atoms with van der Waals surface area (Å²) < 4.78 is 7.71. The van der Waals surface area contributed by atoms with Gasteiger partial charge in [0.15, 0.2) is 0 Å². The van der Waals surface area contributed by atoms with Crippen LogP contribution in [0.5, 0.6) is 5.75 Å². The number of nitrogens with one attached hydrogen (secondary N) is 1. The number of pyridine rings is 1. The molecule has 20 heavy (non-hydrogen) atoms. The number of hydrogen-bond acceptors (Lipinski definition) is 4. The van der Waals surface area contributed by atoms with Crippen molar-refractivity contribution in [3.8, 4) is 5.75 Å². The number of nitrogens with zero attached hydrogens (tertiary/aromatic N) is 3. The molecule has 0 aromatic carbocycles. The van der Waals surface area contributed by atoms with Gasteiger partial charge in [0, 0.05) is 31.5 Å². The lowest BCUT2D eigenvalue weighted by Gasteiger charge is -2.09. The Morgan fingerprint density at radius 3 is 2.90 bits per heavy atom. The van der Waals surface area contributed by atoms with Crippen LogP contribution in [0.4, 0.5) is 0 Å². The molecule has 0 fully saturated rings. The van der Waals surface area contributed by atoms with Gasteiger partial charge in [-0.3, -0.25) is 4.98 Å². The van der Waals surface area contributed by atoms with Crippen LogP contribution >= 0.6 is 0 Å². The van der Waals surface area contributed by atoms with Crippen molar-refractivity contribution in [3.63, 3.8) is 0 Å². The maximum Gasteiger partial charge on any atom is 0.137 e. The summed E-state index contributed by atoms with van der Waals surface area (Å²) in [5.74, 6) is 0.823. The van der Waals surface area contributed by atoms with Crippen LogP contribution in [-0.2, 0) is 13.1 Å². The molecule has 2 rings (SSSR count). The van der Waals surface area contributed by atoms with Crippen LogP contribution in [-0.4, -0.2) is 27.2 Å². The van der Waals surface area contributed by atoms with E-state index in [0.717, 1.165) is 31.0 Å². The van der Waals surface area contributed by atoms with E-state index in [1.807, 2.05) is 29.2 Å². The third kappa shape index (κ3) is 5.01. The maximum atomic E-state index is 5.67. The molecule has 0 spiro atoms. The van der Waals surface area contributed by atoms with Gasteiger partial charge in [-0.25, -0.2) is 4.98 Å². The number of aromatic nitrogens is 3. The molecule has 5 nitrogen and oxygen atoms in total. The predicted molar refractivity (Wildman–Crippen MR) is 78.6 cm³/mol. The van der Waals surface area contributed by atoms with Crippen LogP contribution in [0.3, 0.4) is 0 Å². The molecular weight excluding hydrogens is 252 g/mol. The molecule has 5 heteroatoms. The minimum atomic E-state index is 0.468. The van der Waals surface area contributed by atoms with Crippen LogP contribution in [0.2, 0.25) is 0 Å². The Labute approximate surface area is 120 Å². The van der Waals surface area contributed by atoms with Crippen LogP contribution < -0.4 is 10.1 Å². The fourth-order valence-corrected chi connectivity index (χ4v) is 1.77. The van der Waals surface area contributed by atoms with Gasteiger partial charge in [-0.1, -0.05) is 13.8 Å². The van der Waals surface area contributed by atoms with Crippen molar-refractivity contribution in [1.29, 1.82) is 0 Å². The first-order valence-electron chi connectivity index (χ1n) is 7.01. The maximum absolute atomic E-state index is 5.67. The second-order valence-electron chi connectivity index (χ2n) is 5.02. The van der Waals surface area contributed by atoms with Crippen molar-refractivity contribution in [2.24, 2.45) is 0 Å². The summed E-state index contributed by atoms with van der Waals surface area (Å²) in [5, 5.41) is 3.34. The van der Waals surface area contributed by atoms with Crippen molar-refractivity contribution < 1.29 is 4.74 Å². The molecule has 108 valence electrons. The summed E-state index contributed by atoms with van der Waals surface area (Å²) in [6, 6.07) is 4.44. The monoisotopic (exact) mass is 274 g/mol. The summed E-state index contributed by atoms with van der Waals surface area (Å²) in [4.78, 5) is 8.38. The highest BCUT2D eigenvalue weighted by Gasteiger charge is 1.99. The first-order chi connectivity index (χ1) is 9.74. The van der Waals surface area contributed by atoms with E-state index in [2.05, 4.69) is 29.1 Å². The van der Waals surface area contributed by atoms with E-state index in [4.69, 9.17) is 4.74 Å². The van der Waals surface area contributed by atoms with Crippen molar-refractivity contribution in [2.45, 2.75) is 39.4 Å². The van der Waals surface area contributed by atoms with E-state index in [1.165, 1.54) is 0 Å². The molecule has 0 aliphatic rings. The second-order valence-corrected chi connectivity index (χ2v) is 5.02. The van der Waals surface area contributed by atoms with Crippen molar-refractivity contribution >= 4 is 0 Å². The number of ether oxygens (including phenoxy) is 1. The number of rotatable bonds is 8. The minimum absolute atomic E-state index is 0.468. The first kappa shape index (κ1) is 14.5. The van der Waals surface area contributed by atoms with Gasteiger partial charge in [-0.15, -0.1) is 0 Å². The van der Waals surface area contributed by atoms with Gasteiger partial charge in [-0.2, -0.15) is 0 Å². The molecule has 2 heterocycles. The summed E-state index contributed by atoms with van der Waals surface area (Å²) in [6.45, 7) is 6.64. The zero-order valence-corrected chi connectivity index (χ0v) is 12.1. The van der Waals surface area contributed by atoms with Gasteiger partial charge in [0.1, 0.15) is 5.75 Å². The lowest BCUT2D eigenvalue weighted by Crippen LogP contribution is -2.22. The average Bonchev–Trinajstić information content (AvgIpc) is 2.96. The molecule has 0 radical (unpaired) electrons. The van der Waals surface area contributed by atoms with Gasteiger partial charge < -0.3 is 14.6 Å². The normalized spacial score (nSPS) is 10.9. The summed E-state index contributed by atoms with van der Waals surface area (Å²) in [6.07, 6.45) is 8.30. The largest absolute Gasteiger partial charge is 0.492 e. The Balaban J connectivity index is 1.68. The number of aryl methyl sites for hydroxylation is 1. The second kappa shape index (κ2) is 7.65. The molecule has 0 aliphatic carbocycles. The molecule has 0 amide bonds. The molecule has 2 aromatic rings. The molecule has 2 aromatic heterocycles. The van der Waals surface area contributed by atoms with E-state index in [1.54, 1.807) is 12.4 Å². The van der Waals surface area contributed by atoms with Crippen molar-refractivity contribution in [1.82, 2.24) is 19.9 Å². The molecule has 0 unspecified atom stereocenters. The van der Waals surface area contributed by atoms with Crippen molar-refractivity contribution in [3.05, 3.63) is 42.7 Å². The third-order valence-corrected chi connectivity index (χ3v) is 2.88. The van der Waals surface area contributed by atoms with E-state index in [-0.39, 0.29) is 0 Å². The summed E-state index contributed by atoms with van der Waals surface area (Å²) in [5.41, 5.74) is 1.03. The smallest absolute Gasteiger partial charge is 0.137 e. The highest BCUT2D eigenvalue weighted by molar-refractivity contribution is 5.19. The van der Waals surface area contributed by atoms with E-state index < -0.39 is 0 Å². The average molecular weight is 274 g/mol. The van der Waals surface area contributed by atoms with Gasteiger partial charge in [0.05, 0.1) is 24.8 Å². The number of imidazole rings is 1. The van der Waals surface area contributed by atoms with Gasteiger partial charge in [0.2, 0.25) is 0 Å². The summed E-state index contributed by atoms with van der Waals surface area (Å²) >= 11 is 0. The third-order valence-electron chi connectivity index (χ3n) is 2.88. The van der Waals surface area contributed by atoms with Gasteiger partial charge >= 0.3 is 0 Å². The molecule has 0 bridgehead atoms. The minimum Gasteiger partial charge on any atom is -0.492 e. The Morgan fingerprint density at radius 1 is 1.35 bits per heavy atom. The standard InChI is InChI=1S/C15H22N4O/c1-13(2)17-10-14-4-5-15(11-18-14)20-9-3-7-19-8-6-16-12-19/h4-6,8,11-13,17H,3,7,9-10H2,1-2H3. The van der Waals surface area contributed by atoms with Crippen LogP contribution in [0, 0.1) is 0 Å². The lowest BCUT2D eigenvalue weighted by atomic mass is 10.3. The molecule has 0 atom stereocenters. The van der Waals surface area contributed by atoms with Gasteiger partial charge in [-0.05, 0) is 18.6 Å². The molecule has 1 N–H and O–H groups in total. The highest BCUT2D eigenvalue weighted by Crippen LogP contribution is 2.09. The van der Waals surface area contributed by atoms with Crippen LogP contribution in [0.25, 0.3) is 0 Å². The predicted octanol–water partition coefficient (Wildman–Crippen LogP) is 2.25. The zero-order valence-electron chi connectivity index (χ0n) is 12.1. The summed E-state index contributed by atoms with van der Waals surface area (Å²) in [7, 11) is 0. The van der Waals surface area contributed by atoms with Crippen molar-refractivity contribution in [2.75, 3.05) is 6.61 Å². The zero-order chi connectivity index (χ0) is 14.2. The molecule has 0 saturated carbocycles.